The monoisotopic (exact) mass is 358 g/mol. The molecule has 0 bridgehead atoms. The lowest BCUT2D eigenvalue weighted by Crippen LogP contribution is -2.15. The van der Waals surface area contributed by atoms with Crippen LogP contribution < -0.4 is 0 Å². The van der Waals surface area contributed by atoms with Crippen LogP contribution in [-0.2, 0) is 6.42 Å². The second-order valence-electron chi connectivity index (χ2n) is 5.77. The average molecular weight is 359 g/mol. The molecule has 0 saturated heterocycles. The van der Waals surface area contributed by atoms with E-state index in [0.717, 1.165) is 29.3 Å². The molecule has 2 heterocycles. The third-order valence-corrected chi connectivity index (χ3v) is 4.95. The number of benzene rings is 1. The van der Waals surface area contributed by atoms with Gasteiger partial charge in [-0.1, -0.05) is 15.9 Å². The zero-order chi connectivity index (χ0) is 15.3. The highest BCUT2D eigenvalue weighted by molar-refractivity contribution is 9.10. The number of carboxylic acids is 1. The van der Waals surface area contributed by atoms with Crippen molar-refractivity contribution in [2.24, 2.45) is 0 Å². The van der Waals surface area contributed by atoms with Crippen LogP contribution in [0.1, 0.15) is 40.5 Å². The fraction of sp³-hybridized carbons (Fsp3) is 0.235. The van der Waals surface area contributed by atoms with Gasteiger partial charge in [0.1, 0.15) is 0 Å². The third-order valence-electron chi connectivity index (χ3n) is 4.46. The van der Waals surface area contributed by atoms with Crippen molar-refractivity contribution in [1.82, 2.24) is 9.55 Å². The molecule has 1 aliphatic rings. The number of fused-ring (bicyclic) bond motifs is 3. The maximum atomic E-state index is 11.1. The molecule has 1 aliphatic carbocycles. The molecule has 0 aliphatic heterocycles. The predicted octanol–water partition coefficient (Wildman–Crippen LogP) is 4.36. The smallest absolute Gasteiger partial charge is 0.337 e. The molecule has 1 unspecified atom stereocenters. The lowest BCUT2D eigenvalue weighted by Gasteiger charge is -2.24. The molecule has 2 N–H and O–H groups in total. The Hall–Kier alpha value is -2.01. The number of aromatic carboxylic acids is 1. The Bertz CT molecular complexity index is 878. The van der Waals surface area contributed by atoms with Gasteiger partial charge in [0.25, 0.3) is 0 Å². The predicted molar refractivity (Wildman–Crippen MR) is 88.5 cm³/mol. The number of aromatic amines is 1. The van der Waals surface area contributed by atoms with E-state index in [9.17, 15) is 4.79 Å². The Labute approximate surface area is 135 Å². The number of aromatic nitrogens is 2. The van der Waals surface area contributed by atoms with Crippen molar-refractivity contribution in [3.05, 3.63) is 58.0 Å². The van der Waals surface area contributed by atoms with Crippen molar-refractivity contribution in [3.8, 4) is 0 Å². The number of carboxylic acid groups (broad SMARTS) is 1. The van der Waals surface area contributed by atoms with E-state index < -0.39 is 5.97 Å². The Morgan fingerprint density at radius 2 is 2.23 bits per heavy atom. The first kappa shape index (κ1) is 13.6. The van der Waals surface area contributed by atoms with Gasteiger partial charge in [-0.2, -0.15) is 0 Å². The number of H-pyrrole nitrogens is 1. The highest BCUT2D eigenvalue weighted by Gasteiger charge is 2.25. The fourth-order valence-corrected chi connectivity index (χ4v) is 3.80. The van der Waals surface area contributed by atoms with Crippen LogP contribution in [0.15, 0.2) is 41.1 Å². The molecule has 4 rings (SSSR count). The van der Waals surface area contributed by atoms with E-state index in [1.165, 1.54) is 16.6 Å². The van der Waals surface area contributed by atoms with Crippen molar-refractivity contribution in [1.29, 1.82) is 0 Å². The number of hydrogen-bond acceptors (Lipinski definition) is 1. The summed E-state index contributed by atoms with van der Waals surface area (Å²) in [7, 11) is 0. The van der Waals surface area contributed by atoms with Crippen LogP contribution in [-0.4, -0.2) is 20.6 Å². The maximum absolute atomic E-state index is 11.1. The molecular weight excluding hydrogens is 344 g/mol. The highest BCUT2D eigenvalue weighted by Crippen LogP contribution is 2.37. The minimum absolute atomic E-state index is 0.183. The number of rotatable bonds is 2. The minimum atomic E-state index is -0.879. The summed E-state index contributed by atoms with van der Waals surface area (Å²) < 4.78 is 3.10. The molecule has 0 amide bonds. The van der Waals surface area contributed by atoms with Gasteiger partial charge in [0.2, 0.25) is 0 Å². The van der Waals surface area contributed by atoms with E-state index >= 15 is 0 Å². The zero-order valence-electron chi connectivity index (χ0n) is 11.8. The van der Waals surface area contributed by atoms with Gasteiger partial charge in [0, 0.05) is 33.5 Å². The summed E-state index contributed by atoms with van der Waals surface area (Å²) in [5, 5.41) is 10.4. The molecule has 112 valence electrons. The second-order valence-corrected chi connectivity index (χ2v) is 6.68. The standard InChI is InChI=1S/C17H15BrN2O2/c18-11-4-5-14-13(8-11)12-2-1-3-15(16(12)19-14)20-7-6-10(9-20)17(21)22/h4-9,15,19H,1-3H2,(H,21,22). The molecule has 3 aromatic rings. The summed E-state index contributed by atoms with van der Waals surface area (Å²) in [5.74, 6) is -0.879. The van der Waals surface area contributed by atoms with Gasteiger partial charge >= 0.3 is 5.97 Å². The third kappa shape index (κ3) is 2.08. The second kappa shape index (κ2) is 5.02. The summed E-state index contributed by atoms with van der Waals surface area (Å²) in [4.78, 5) is 14.6. The molecule has 2 aromatic heterocycles. The first-order valence-corrected chi connectivity index (χ1v) is 8.13. The van der Waals surface area contributed by atoms with Gasteiger partial charge in [0.05, 0.1) is 11.6 Å². The first-order valence-electron chi connectivity index (χ1n) is 7.34. The number of aryl methyl sites for hydroxylation is 1. The normalized spacial score (nSPS) is 17.6. The summed E-state index contributed by atoms with van der Waals surface area (Å²) >= 11 is 3.54. The summed E-state index contributed by atoms with van der Waals surface area (Å²) in [6, 6.07) is 8.13. The van der Waals surface area contributed by atoms with Crippen molar-refractivity contribution < 1.29 is 9.90 Å². The first-order chi connectivity index (χ1) is 10.6. The van der Waals surface area contributed by atoms with E-state index in [1.807, 2.05) is 16.8 Å². The Balaban J connectivity index is 1.84. The molecule has 4 nitrogen and oxygen atoms in total. The average Bonchev–Trinajstić information content (AvgIpc) is 3.11. The van der Waals surface area contributed by atoms with Gasteiger partial charge in [-0.15, -0.1) is 0 Å². The van der Waals surface area contributed by atoms with Crippen molar-refractivity contribution in [2.75, 3.05) is 0 Å². The molecule has 1 aromatic carbocycles. The number of carbonyl (C=O) groups is 1. The Morgan fingerprint density at radius 1 is 1.36 bits per heavy atom. The van der Waals surface area contributed by atoms with Gasteiger partial charge < -0.3 is 14.7 Å². The van der Waals surface area contributed by atoms with Crippen molar-refractivity contribution in [3.63, 3.8) is 0 Å². The molecule has 22 heavy (non-hydrogen) atoms. The van der Waals surface area contributed by atoms with Gasteiger partial charge in [-0.05, 0) is 49.1 Å². The zero-order valence-corrected chi connectivity index (χ0v) is 13.4. The summed E-state index contributed by atoms with van der Waals surface area (Å²) in [5.41, 5.74) is 4.06. The summed E-state index contributed by atoms with van der Waals surface area (Å²) in [6.07, 6.45) is 6.79. The molecule has 5 heteroatoms. The van der Waals surface area contributed by atoms with Crippen molar-refractivity contribution in [2.45, 2.75) is 25.3 Å². The largest absolute Gasteiger partial charge is 0.478 e. The summed E-state index contributed by atoms with van der Waals surface area (Å²) in [6.45, 7) is 0. The van der Waals surface area contributed by atoms with Crippen LogP contribution in [0.4, 0.5) is 0 Å². The molecule has 0 radical (unpaired) electrons. The van der Waals surface area contributed by atoms with E-state index in [1.54, 1.807) is 12.3 Å². The number of nitrogens with zero attached hydrogens (tertiary/aromatic N) is 1. The topological polar surface area (TPSA) is 58.0 Å². The highest BCUT2D eigenvalue weighted by atomic mass is 79.9. The SMILES string of the molecule is O=C(O)c1ccn(C2CCCc3c2[nH]c2ccc(Br)cc32)c1. The van der Waals surface area contributed by atoms with Gasteiger partial charge in [-0.25, -0.2) is 4.79 Å². The fourth-order valence-electron chi connectivity index (χ4n) is 3.44. The molecular formula is C17H15BrN2O2. The van der Waals surface area contributed by atoms with E-state index in [-0.39, 0.29) is 6.04 Å². The van der Waals surface area contributed by atoms with Crippen LogP contribution in [0.25, 0.3) is 10.9 Å². The maximum Gasteiger partial charge on any atom is 0.337 e. The lowest BCUT2D eigenvalue weighted by molar-refractivity contribution is 0.0697. The van der Waals surface area contributed by atoms with Crippen molar-refractivity contribution >= 4 is 32.8 Å². The molecule has 0 spiro atoms. The quantitative estimate of drug-likeness (QED) is 0.715. The number of halogens is 1. The van der Waals surface area contributed by atoms with Crippen LogP contribution in [0.5, 0.6) is 0 Å². The van der Waals surface area contributed by atoms with Crippen LogP contribution in [0.3, 0.4) is 0 Å². The number of hydrogen-bond donors (Lipinski definition) is 2. The number of nitrogens with one attached hydrogen (secondary N) is 1. The van der Waals surface area contributed by atoms with E-state index in [2.05, 4.69) is 33.0 Å². The lowest BCUT2D eigenvalue weighted by atomic mass is 9.91. The van der Waals surface area contributed by atoms with E-state index in [0.29, 0.717) is 5.56 Å². The molecule has 1 atom stereocenters. The van der Waals surface area contributed by atoms with Gasteiger partial charge in [0.15, 0.2) is 0 Å². The Morgan fingerprint density at radius 3 is 3.00 bits per heavy atom. The minimum Gasteiger partial charge on any atom is -0.478 e. The Kier molecular flexibility index (Phi) is 3.11. The molecule has 0 fully saturated rings. The van der Waals surface area contributed by atoms with Crippen LogP contribution in [0.2, 0.25) is 0 Å². The van der Waals surface area contributed by atoms with E-state index in [4.69, 9.17) is 5.11 Å². The van der Waals surface area contributed by atoms with Crippen LogP contribution >= 0.6 is 15.9 Å². The van der Waals surface area contributed by atoms with Crippen LogP contribution in [0, 0.1) is 0 Å². The molecule has 0 saturated carbocycles. The van der Waals surface area contributed by atoms with Gasteiger partial charge in [-0.3, -0.25) is 0 Å².